The monoisotopic (exact) mass is 332 g/mol. The van der Waals surface area contributed by atoms with Crippen molar-refractivity contribution >= 4 is 17.3 Å². The molecule has 0 unspecified atom stereocenters. The van der Waals surface area contributed by atoms with E-state index >= 15 is 0 Å². The molecule has 0 saturated carbocycles. The van der Waals surface area contributed by atoms with Gasteiger partial charge in [-0.3, -0.25) is 4.79 Å². The summed E-state index contributed by atoms with van der Waals surface area (Å²) in [7, 11) is 0. The van der Waals surface area contributed by atoms with Crippen LogP contribution in [0, 0.1) is 0 Å². The predicted molar refractivity (Wildman–Crippen MR) is 90.6 cm³/mol. The second-order valence-electron chi connectivity index (χ2n) is 4.89. The van der Waals surface area contributed by atoms with Gasteiger partial charge in [0, 0.05) is 17.9 Å². The summed E-state index contributed by atoms with van der Waals surface area (Å²) in [5, 5.41) is 2.97. The molecule has 1 N–H and O–H groups in total. The number of hydrogen-bond acceptors (Lipinski definition) is 3. The molecule has 0 aromatic heterocycles. The lowest BCUT2D eigenvalue weighted by Gasteiger charge is -2.21. The maximum atomic E-state index is 12.4. The Balaban J connectivity index is 1.96. The summed E-state index contributed by atoms with van der Waals surface area (Å²) < 4.78 is 28.5. The number of carbonyl (C=O) groups excluding carboxylic acids is 1. The van der Waals surface area contributed by atoms with Crippen molar-refractivity contribution in [1.82, 2.24) is 0 Å². The van der Waals surface area contributed by atoms with Gasteiger partial charge in [-0.15, -0.1) is 6.58 Å². The fraction of sp³-hybridized carbons (Fsp3) is 0.167. The molecule has 6 heteroatoms. The first kappa shape index (κ1) is 17.5. The van der Waals surface area contributed by atoms with Crippen molar-refractivity contribution in [2.24, 2.45) is 0 Å². The number of amides is 1. The summed E-state index contributed by atoms with van der Waals surface area (Å²) in [6.07, 6.45) is 1.65. The fourth-order valence-electron chi connectivity index (χ4n) is 2.12. The van der Waals surface area contributed by atoms with Crippen LogP contribution >= 0.6 is 0 Å². The topological polar surface area (TPSA) is 41.6 Å². The molecule has 0 saturated heterocycles. The van der Waals surface area contributed by atoms with Crippen LogP contribution in [0.1, 0.15) is 0 Å². The number of nitrogens with zero attached hydrogens (tertiary/aromatic N) is 1. The minimum absolute atomic E-state index is 0.0672. The van der Waals surface area contributed by atoms with Crippen LogP contribution in [0.5, 0.6) is 5.75 Å². The third-order valence-electron chi connectivity index (χ3n) is 3.20. The number of para-hydroxylation sites is 1. The molecule has 0 bridgehead atoms. The van der Waals surface area contributed by atoms with E-state index in [0.29, 0.717) is 12.2 Å². The highest BCUT2D eigenvalue weighted by molar-refractivity contribution is 5.96. The quantitative estimate of drug-likeness (QED) is 0.745. The Labute approximate surface area is 139 Å². The number of anilines is 2. The van der Waals surface area contributed by atoms with E-state index in [0.717, 1.165) is 5.69 Å². The van der Waals surface area contributed by atoms with Crippen LogP contribution in [0.15, 0.2) is 67.3 Å². The Hall–Kier alpha value is -2.89. The lowest BCUT2D eigenvalue weighted by atomic mass is 10.2. The average molecular weight is 332 g/mol. The zero-order valence-corrected chi connectivity index (χ0v) is 13.0. The SMILES string of the molecule is C=CCN(C(=O)CNc1ccc(OC(F)F)cc1)c1ccccc1. The number of nitrogens with one attached hydrogen (secondary N) is 1. The molecule has 1 amide bonds. The van der Waals surface area contributed by atoms with E-state index in [2.05, 4.69) is 16.6 Å². The van der Waals surface area contributed by atoms with Crippen LogP contribution in [-0.2, 0) is 4.79 Å². The van der Waals surface area contributed by atoms with Crippen molar-refractivity contribution in [3.8, 4) is 5.75 Å². The van der Waals surface area contributed by atoms with E-state index in [4.69, 9.17) is 0 Å². The number of rotatable bonds is 8. The van der Waals surface area contributed by atoms with Gasteiger partial charge in [0.15, 0.2) is 0 Å². The van der Waals surface area contributed by atoms with Crippen molar-refractivity contribution in [2.75, 3.05) is 23.3 Å². The first-order valence-electron chi connectivity index (χ1n) is 7.35. The van der Waals surface area contributed by atoms with Gasteiger partial charge in [0.1, 0.15) is 5.75 Å². The highest BCUT2D eigenvalue weighted by Crippen LogP contribution is 2.18. The zero-order chi connectivity index (χ0) is 17.4. The van der Waals surface area contributed by atoms with Gasteiger partial charge >= 0.3 is 6.61 Å². The Bertz CT molecular complexity index is 660. The van der Waals surface area contributed by atoms with Crippen LogP contribution < -0.4 is 15.0 Å². The maximum absolute atomic E-state index is 12.4. The molecule has 0 aliphatic heterocycles. The molecular weight excluding hydrogens is 314 g/mol. The highest BCUT2D eigenvalue weighted by Gasteiger charge is 2.13. The van der Waals surface area contributed by atoms with Crippen LogP contribution in [0.3, 0.4) is 0 Å². The second-order valence-corrected chi connectivity index (χ2v) is 4.89. The smallest absolute Gasteiger partial charge is 0.387 e. The molecule has 2 aromatic rings. The lowest BCUT2D eigenvalue weighted by molar-refractivity contribution is -0.116. The third-order valence-corrected chi connectivity index (χ3v) is 3.20. The maximum Gasteiger partial charge on any atom is 0.387 e. The van der Waals surface area contributed by atoms with Crippen molar-refractivity contribution in [1.29, 1.82) is 0 Å². The van der Waals surface area contributed by atoms with Gasteiger partial charge in [-0.25, -0.2) is 0 Å². The first-order chi connectivity index (χ1) is 11.6. The molecule has 0 aliphatic carbocycles. The summed E-state index contributed by atoms with van der Waals surface area (Å²) in [6.45, 7) is 1.27. The summed E-state index contributed by atoms with van der Waals surface area (Å²) >= 11 is 0. The number of alkyl halides is 2. The number of halogens is 2. The van der Waals surface area contributed by atoms with Gasteiger partial charge in [-0.2, -0.15) is 8.78 Å². The minimum Gasteiger partial charge on any atom is -0.435 e. The van der Waals surface area contributed by atoms with E-state index < -0.39 is 6.61 Å². The van der Waals surface area contributed by atoms with E-state index in [-0.39, 0.29) is 18.2 Å². The van der Waals surface area contributed by atoms with Crippen molar-refractivity contribution in [3.05, 3.63) is 67.3 Å². The molecule has 0 heterocycles. The molecular formula is C18H18F2N2O2. The fourth-order valence-corrected chi connectivity index (χ4v) is 2.12. The Kier molecular flexibility index (Phi) is 6.31. The minimum atomic E-state index is -2.86. The van der Waals surface area contributed by atoms with E-state index in [1.54, 1.807) is 23.1 Å². The van der Waals surface area contributed by atoms with Crippen LogP contribution in [0.4, 0.5) is 20.2 Å². The highest BCUT2D eigenvalue weighted by atomic mass is 19.3. The zero-order valence-electron chi connectivity index (χ0n) is 13.0. The van der Waals surface area contributed by atoms with Gasteiger partial charge < -0.3 is 15.0 Å². The standard InChI is InChI=1S/C18H18F2N2O2/c1-2-12-22(15-6-4-3-5-7-15)17(23)13-21-14-8-10-16(11-9-14)24-18(19)20/h2-11,18,21H,1,12-13H2. The first-order valence-corrected chi connectivity index (χ1v) is 7.35. The molecule has 24 heavy (non-hydrogen) atoms. The van der Waals surface area contributed by atoms with Crippen molar-refractivity contribution in [2.45, 2.75) is 6.61 Å². The predicted octanol–water partition coefficient (Wildman–Crippen LogP) is 3.92. The molecule has 0 fully saturated rings. The summed E-state index contributed by atoms with van der Waals surface area (Å²) in [5.74, 6) is -0.0616. The van der Waals surface area contributed by atoms with Crippen molar-refractivity contribution in [3.63, 3.8) is 0 Å². The number of hydrogen-bond donors (Lipinski definition) is 1. The second kappa shape index (κ2) is 8.67. The molecule has 4 nitrogen and oxygen atoms in total. The lowest BCUT2D eigenvalue weighted by Crippen LogP contribution is -2.35. The number of carbonyl (C=O) groups is 1. The average Bonchev–Trinajstić information content (AvgIpc) is 2.59. The summed E-state index contributed by atoms with van der Waals surface area (Å²) in [4.78, 5) is 14.0. The Morgan fingerprint density at radius 1 is 1.17 bits per heavy atom. The molecule has 0 radical (unpaired) electrons. The van der Waals surface area contributed by atoms with Crippen LogP contribution in [-0.4, -0.2) is 25.6 Å². The molecule has 2 aromatic carbocycles. The van der Waals surface area contributed by atoms with Gasteiger partial charge in [0.05, 0.1) is 6.54 Å². The van der Waals surface area contributed by atoms with Gasteiger partial charge in [-0.05, 0) is 36.4 Å². The third kappa shape index (κ3) is 5.08. The van der Waals surface area contributed by atoms with Crippen LogP contribution in [0.25, 0.3) is 0 Å². The molecule has 0 aliphatic rings. The summed E-state index contributed by atoms with van der Waals surface area (Å²) in [6, 6.07) is 15.3. The number of ether oxygens (including phenoxy) is 1. The molecule has 0 spiro atoms. The van der Waals surface area contributed by atoms with Crippen LogP contribution in [0.2, 0.25) is 0 Å². The molecule has 2 rings (SSSR count). The largest absolute Gasteiger partial charge is 0.435 e. The normalized spacial score (nSPS) is 10.3. The molecule has 0 atom stereocenters. The Morgan fingerprint density at radius 3 is 2.42 bits per heavy atom. The van der Waals surface area contributed by atoms with E-state index in [1.165, 1.54) is 12.1 Å². The van der Waals surface area contributed by atoms with E-state index in [1.807, 2.05) is 30.3 Å². The molecule has 126 valence electrons. The summed E-state index contributed by atoms with van der Waals surface area (Å²) in [5.41, 5.74) is 1.42. The number of benzene rings is 2. The van der Waals surface area contributed by atoms with Crippen molar-refractivity contribution < 1.29 is 18.3 Å². The van der Waals surface area contributed by atoms with Gasteiger partial charge in [-0.1, -0.05) is 24.3 Å². The van der Waals surface area contributed by atoms with Gasteiger partial charge in [0.25, 0.3) is 0 Å². The van der Waals surface area contributed by atoms with E-state index in [9.17, 15) is 13.6 Å². The Morgan fingerprint density at radius 2 is 1.83 bits per heavy atom. The van der Waals surface area contributed by atoms with Gasteiger partial charge in [0.2, 0.25) is 5.91 Å².